The van der Waals surface area contributed by atoms with Gasteiger partial charge >= 0.3 is 0 Å². The van der Waals surface area contributed by atoms with Crippen molar-refractivity contribution in [3.63, 3.8) is 0 Å². The first kappa shape index (κ1) is 14.6. The number of hydrogen-bond donors (Lipinski definition) is 2. The summed E-state index contributed by atoms with van der Waals surface area (Å²) in [5, 5.41) is 5.59. The molecule has 1 rings (SSSR count). The molecular weight excluding hydrogens is 230 g/mol. The molecule has 0 radical (unpaired) electrons. The maximum Gasteiger partial charge on any atom is 0.0794 e. The predicted molar refractivity (Wildman–Crippen MR) is 75.4 cm³/mol. The Morgan fingerprint density at radius 3 is 2.82 bits per heavy atom. The second kappa shape index (κ2) is 7.80. The highest BCUT2D eigenvalue weighted by molar-refractivity contribution is 7.07. The van der Waals surface area contributed by atoms with Crippen LogP contribution in [0.15, 0.2) is 10.9 Å². The zero-order valence-corrected chi connectivity index (χ0v) is 11.9. The SMILES string of the molecule is CC(C)(CCN)CCCNCCc1cscn1. The van der Waals surface area contributed by atoms with E-state index >= 15 is 0 Å². The van der Waals surface area contributed by atoms with Crippen molar-refractivity contribution >= 4 is 11.3 Å². The summed E-state index contributed by atoms with van der Waals surface area (Å²) < 4.78 is 0. The van der Waals surface area contributed by atoms with Crippen molar-refractivity contribution in [1.82, 2.24) is 10.3 Å². The van der Waals surface area contributed by atoms with Crippen LogP contribution in [-0.2, 0) is 6.42 Å². The summed E-state index contributed by atoms with van der Waals surface area (Å²) in [5.74, 6) is 0. The molecule has 0 aromatic carbocycles. The number of thiazole rings is 1. The molecule has 98 valence electrons. The number of rotatable bonds is 9. The van der Waals surface area contributed by atoms with Crippen LogP contribution in [0.4, 0.5) is 0 Å². The molecule has 0 aliphatic rings. The van der Waals surface area contributed by atoms with Crippen molar-refractivity contribution in [2.24, 2.45) is 11.1 Å². The number of nitrogens with two attached hydrogens (primary N) is 1. The third kappa shape index (κ3) is 6.76. The standard InChI is InChI=1S/C13H25N3S/c1-13(2,6-7-14)5-3-8-15-9-4-12-10-17-11-16-12/h10-11,15H,3-9,14H2,1-2H3. The summed E-state index contributed by atoms with van der Waals surface area (Å²) >= 11 is 1.67. The normalized spacial score (nSPS) is 11.9. The van der Waals surface area contributed by atoms with Crippen LogP contribution in [0.25, 0.3) is 0 Å². The van der Waals surface area contributed by atoms with Crippen LogP contribution in [0, 0.1) is 5.41 Å². The molecule has 0 saturated heterocycles. The van der Waals surface area contributed by atoms with Gasteiger partial charge in [0.1, 0.15) is 0 Å². The Kier molecular flexibility index (Phi) is 6.70. The van der Waals surface area contributed by atoms with Crippen LogP contribution in [0.5, 0.6) is 0 Å². The lowest BCUT2D eigenvalue weighted by Gasteiger charge is -2.23. The smallest absolute Gasteiger partial charge is 0.0794 e. The fourth-order valence-corrected chi connectivity index (χ4v) is 2.50. The van der Waals surface area contributed by atoms with Gasteiger partial charge in [-0.3, -0.25) is 0 Å². The Bertz CT molecular complexity index is 283. The van der Waals surface area contributed by atoms with E-state index in [2.05, 4.69) is 29.5 Å². The molecule has 3 N–H and O–H groups in total. The van der Waals surface area contributed by atoms with Crippen LogP contribution < -0.4 is 11.1 Å². The maximum absolute atomic E-state index is 5.60. The van der Waals surface area contributed by atoms with E-state index in [-0.39, 0.29) is 0 Å². The first-order chi connectivity index (χ1) is 8.14. The molecule has 0 atom stereocenters. The molecule has 0 spiro atoms. The number of aromatic nitrogens is 1. The van der Waals surface area contributed by atoms with E-state index in [1.54, 1.807) is 11.3 Å². The van der Waals surface area contributed by atoms with Gasteiger partial charge in [-0.2, -0.15) is 0 Å². The van der Waals surface area contributed by atoms with Gasteiger partial charge in [-0.05, 0) is 37.8 Å². The Balaban J connectivity index is 1.97. The molecule has 0 aliphatic heterocycles. The van der Waals surface area contributed by atoms with Gasteiger partial charge in [-0.1, -0.05) is 13.8 Å². The Hall–Kier alpha value is -0.450. The molecular formula is C13H25N3S. The van der Waals surface area contributed by atoms with E-state index in [1.807, 2.05) is 5.51 Å². The molecule has 0 unspecified atom stereocenters. The van der Waals surface area contributed by atoms with E-state index in [9.17, 15) is 0 Å². The Morgan fingerprint density at radius 2 is 2.18 bits per heavy atom. The lowest BCUT2D eigenvalue weighted by atomic mass is 9.84. The second-order valence-electron chi connectivity index (χ2n) is 5.29. The van der Waals surface area contributed by atoms with E-state index < -0.39 is 0 Å². The number of nitrogens with one attached hydrogen (secondary N) is 1. The highest BCUT2D eigenvalue weighted by Gasteiger charge is 2.15. The first-order valence-corrected chi connectivity index (χ1v) is 7.36. The van der Waals surface area contributed by atoms with Crippen LogP contribution >= 0.6 is 11.3 Å². The molecule has 1 aromatic heterocycles. The van der Waals surface area contributed by atoms with Crippen molar-refractivity contribution < 1.29 is 0 Å². The molecule has 0 fully saturated rings. The van der Waals surface area contributed by atoms with E-state index in [4.69, 9.17) is 5.73 Å². The summed E-state index contributed by atoms with van der Waals surface area (Å²) in [6.45, 7) is 7.52. The summed E-state index contributed by atoms with van der Waals surface area (Å²) in [4.78, 5) is 4.26. The predicted octanol–water partition coefficient (Wildman–Crippen LogP) is 2.43. The van der Waals surface area contributed by atoms with Crippen molar-refractivity contribution in [3.05, 3.63) is 16.6 Å². The average molecular weight is 255 g/mol. The quantitative estimate of drug-likeness (QED) is 0.666. The first-order valence-electron chi connectivity index (χ1n) is 6.42. The van der Waals surface area contributed by atoms with Gasteiger partial charge in [0.2, 0.25) is 0 Å². The Labute approximate surface area is 109 Å². The van der Waals surface area contributed by atoms with Crippen molar-refractivity contribution in [2.75, 3.05) is 19.6 Å². The molecule has 0 amide bonds. The van der Waals surface area contributed by atoms with Gasteiger partial charge in [-0.25, -0.2) is 4.98 Å². The molecule has 17 heavy (non-hydrogen) atoms. The van der Waals surface area contributed by atoms with Crippen molar-refractivity contribution in [3.8, 4) is 0 Å². The Morgan fingerprint density at radius 1 is 1.35 bits per heavy atom. The number of hydrogen-bond acceptors (Lipinski definition) is 4. The zero-order chi connectivity index (χ0) is 12.6. The summed E-state index contributed by atoms with van der Waals surface area (Å²) in [5.41, 5.74) is 9.09. The maximum atomic E-state index is 5.60. The van der Waals surface area contributed by atoms with Crippen molar-refractivity contribution in [1.29, 1.82) is 0 Å². The van der Waals surface area contributed by atoms with E-state index in [1.165, 1.54) is 18.5 Å². The monoisotopic (exact) mass is 255 g/mol. The molecule has 0 aliphatic carbocycles. The lowest BCUT2D eigenvalue weighted by molar-refractivity contribution is 0.302. The number of nitrogens with zero attached hydrogens (tertiary/aromatic N) is 1. The minimum Gasteiger partial charge on any atom is -0.330 e. The minimum atomic E-state index is 0.394. The molecule has 4 heteroatoms. The average Bonchev–Trinajstić information content (AvgIpc) is 2.76. The van der Waals surface area contributed by atoms with Gasteiger partial charge in [0.05, 0.1) is 11.2 Å². The molecule has 0 bridgehead atoms. The highest BCUT2D eigenvalue weighted by Crippen LogP contribution is 2.25. The highest BCUT2D eigenvalue weighted by atomic mass is 32.1. The van der Waals surface area contributed by atoms with Crippen LogP contribution in [0.2, 0.25) is 0 Å². The summed E-state index contributed by atoms with van der Waals surface area (Å²) in [6.07, 6.45) is 4.62. The largest absolute Gasteiger partial charge is 0.330 e. The fraction of sp³-hybridized carbons (Fsp3) is 0.769. The van der Waals surface area contributed by atoms with E-state index in [0.29, 0.717) is 5.41 Å². The van der Waals surface area contributed by atoms with Crippen LogP contribution in [0.1, 0.15) is 38.8 Å². The van der Waals surface area contributed by atoms with Crippen LogP contribution in [-0.4, -0.2) is 24.6 Å². The van der Waals surface area contributed by atoms with Crippen molar-refractivity contribution in [2.45, 2.75) is 39.5 Å². The van der Waals surface area contributed by atoms with Gasteiger partial charge in [0.25, 0.3) is 0 Å². The van der Waals surface area contributed by atoms with Gasteiger partial charge in [0.15, 0.2) is 0 Å². The van der Waals surface area contributed by atoms with Gasteiger partial charge < -0.3 is 11.1 Å². The minimum absolute atomic E-state index is 0.394. The zero-order valence-electron chi connectivity index (χ0n) is 11.0. The fourth-order valence-electron chi connectivity index (χ4n) is 1.91. The van der Waals surface area contributed by atoms with Crippen LogP contribution in [0.3, 0.4) is 0 Å². The molecule has 1 aromatic rings. The lowest BCUT2D eigenvalue weighted by Crippen LogP contribution is -2.22. The third-order valence-electron chi connectivity index (χ3n) is 3.07. The molecule has 1 heterocycles. The molecule has 3 nitrogen and oxygen atoms in total. The summed E-state index contributed by atoms with van der Waals surface area (Å²) in [6, 6.07) is 0. The molecule has 0 saturated carbocycles. The van der Waals surface area contributed by atoms with Gasteiger partial charge in [-0.15, -0.1) is 11.3 Å². The summed E-state index contributed by atoms with van der Waals surface area (Å²) in [7, 11) is 0. The van der Waals surface area contributed by atoms with E-state index in [0.717, 1.165) is 32.5 Å². The topological polar surface area (TPSA) is 50.9 Å². The third-order valence-corrected chi connectivity index (χ3v) is 3.70. The second-order valence-corrected chi connectivity index (χ2v) is 6.00. The van der Waals surface area contributed by atoms with Gasteiger partial charge in [0, 0.05) is 18.3 Å².